The number of nitrogen functional groups attached to an aromatic ring is 1. The minimum Gasteiger partial charge on any atom is -0.399 e. The van der Waals surface area contributed by atoms with Crippen molar-refractivity contribution in [3.63, 3.8) is 0 Å². The van der Waals surface area contributed by atoms with Gasteiger partial charge in [0.2, 0.25) is 0 Å². The molecule has 1 unspecified atom stereocenters. The molecule has 3 nitrogen and oxygen atoms in total. The van der Waals surface area contributed by atoms with Crippen molar-refractivity contribution in [3.05, 3.63) is 29.8 Å². The van der Waals surface area contributed by atoms with E-state index in [1.54, 1.807) is 31.2 Å². The predicted molar refractivity (Wildman–Crippen MR) is 62.1 cm³/mol. The number of nitrogens with two attached hydrogens (primary N) is 1. The van der Waals surface area contributed by atoms with Crippen LogP contribution in [0, 0.1) is 11.8 Å². The normalized spacial score (nSPS) is 16.8. The molecule has 0 heterocycles. The maximum absolute atomic E-state index is 12.0. The molecular formula is C13H15NO2. The lowest BCUT2D eigenvalue weighted by molar-refractivity contribution is -0.122. The van der Waals surface area contributed by atoms with E-state index >= 15 is 0 Å². The van der Waals surface area contributed by atoms with Crippen LogP contribution in [0.25, 0.3) is 0 Å². The first-order valence-electron chi connectivity index (χ1n) is 5.53. The van der Waals surface area contributed by atoms with E-state index in [0.29, 0.717) is 11.3 Å². The molecule has 1 aliphatic carbocycles. The average Bonchev–Trinajstić information content (AvgIpc) is 3.10. The quantitative estimate of drug-likeness (QED) is 0.477. The van der Waals surface area contributed by atoms with E-state index in [9.17, 15) is 9.59 Å². The molecule has 1 aromatic rings. The zero-order valence-corrected chi connectivity index (χ0v) is 9.27. The molecule has 1 fully saturated rings. The Morgan fingerprint density at radius 2 is 2.06 bits per heavy atom. The zero-order chi connectivity index (χ0) is 11.7. The fourth-order valence-corrected chi connectivity index (χ4v) is 1.79. The number of carbonyl (C=O) groups is 2. The van der Waals surface area contributed by atoms with Gasteiger partial charge in [-0.1, -0.05) is 12.1 Å². The van der Waals surface area contributed by atoms with E-state index in [1.807, 2.05) is 0 Å². The Balaban J connectivity index is 2.14. The molecule has 0 bridgehead atoms. The van der Waals surface area contributed by atoms with E-state index < -0.39 is 5.92 Å². The van der Waals surface area contributed by atoms with Gasteiger partial charge in [-0.25, -0.2) is 0 Å². The Morgan fingerprint density at radius 1 is 1.38 bits per heavy atom. The second-order valence-corrected chi connectivity index (χ2v) is 4.39. The topological polar surface area (TPSA) is 60.2 Å². The standard InChI is InChI=1S/C13H15NO2/c1-8(12(15)9-5-6-9)13(16)10-3-2-4-11(14)7-10/h2-4,7-9H,5-6,14H2,1H3. The zero-order valence-electron chi connectivity index (χ0n) is 9.27. The highest BCUT2D eigenvalue weighted by molar-refractivity contribution is 6.11. The second kappa shape index (κ2) is 4.08. The first kappa shape index (κ1) is 10.9. The smallest absolute Gasteiger partial charge is 0.173 e. The Labute approximate surface area is 94.6 Å². The van der Waals surface area contributed by atoms with Gasteiger partial charge >= 0.3 is 0 Å². The van der Waals surface area contributed by atoms with Crippen molar-refractivity contribution in [3.8, 4) is 0 Å². The highest BCUT2D eigenvalue weighted by atomic mass is 16.2. The van der Waals surface area contributed by atoms with Gasteiger partial charge in [0.15, 0.2) is 5.78 Å². The van der Waals surface area contributed by atoms with E-state index in [1.165, 1.54) is 0 Å². The molecule has 0 spiro atoms. The van der Waals surface area contributed by atoms with Gasteiger partial charge in [0.05, 0.1) is 5.92 Å². The lowest BCUT2D eigenvalue weighted by Gasteiger charge is -2.09. The van der Waals surface area contributed by atoms with Crippen LogP contribution in [-0.2, 0) is 4.79 Å². The number of carbonyl (C=O) groups excluding carboxylic acids is 2. The summed E-state index contributed by atoms with van der Waals surface area (Å²) in [6.45, 7) is 1.69. The number of benzene rings is 1. The Bertz CT molecular complexity index is 435. The molecule has 1 aliphatic rings. The van der Waals surface area contributed by atoms with Crippen LogP contribution in [0.1, 0.15) is 30.1 Å². The maximum Gasteiger partial charge on any atom is 0.173 e. The van der Waals surface area contributed by atoms with Crippen LogP contribution in [0.4, 0.5) is 5.69 Å². The number of hydrogen-bond donors (Lipinski definition) is 1. The number of rotatable bonds is 4. The minimum atomic E-state index is -0.533. The molecule has 0 saturated heterocycles. The van der Waals surface area contributed by atoms with Crippen LogP contribution < -0.4 is 5.73 Å². The molecule has 0 radical (unpaired) electrons. The van der Waals surface area contributed by atoms with Crippen LogP contribution in [0.2, 0.25) is 0 Å². The molecule has 0 amide bonds. The molecule has 1 aromatic carbocycles. The maximum atomic E-state index is 12.0. The molecule has 2 rings (SSSR count). The summed E-state index contributed by atoms with van der Waals surface area (Å²) in [5.41, 5.74) is 6.69. The molecular weight excluding hydrogens is 202 g/mol. The molecule has 3 heteroatoms. The monoisotopic (exact) mass is 217 g/mol. The molecule has 16 heavy (non-hydrogen) atoms. The highest BCUT2D eigenvalue weighted by Crippen LogP contribution is 2.33. The first-order chi connectivity index (χ1) is 7.59. The molecule has 0 aromatic heterocycles. The SMILES string of the molecule is CC(C(=O)c1cccc(N)c1)C(=O)C1CC1. The summed E-state index contributed by atoms with van der Waals surface area (Å²) in [5, 5.41) is 0. The van der Waals surface area contributed by atoms with Crippen molar-refractivity contribution in [2.24, 2.45) is 11.8 Å². The van der Waals surface area contributed by atoms with Gasteiger partial charge in [-0.15, -0.1) is 0 Å². The lowest BCUT2D eigenvalue weighted by Crippen LogP contribution is -2.22. The van der Waals surface area contributed by atoms with Gasteiger partial charge in [-0.05, 0) is 31.9 Å². The summed E-state index contributed by atoms with van der Waals surface area (Å²) >= 11 is 0. The number of hydrogen-bond acceptors (Lipinski definition) is 3. The van der Waals surface area contributed by atoms with Gasteiger partial charge in [0.1, 0.15) is 5.78 Å². The van der Waals surface area contributed by atoms with Crippen LogP contribution in [0.3, 0.4) is 0 Å². The Kier molecular flexibility index (Phi) is 2.77. The summed E-state index contributed by atoms with van der Waals surface area (Å²) in [5.74, 6) is -0.453. The van der Waals surface area contributed by atoms with Gasteiger partial charge in [-0.2, -0.15) is 0 Å². The molecule has 0 aliphatic heterocycles. The fraction of sp³-hybridized carbons (Fsp3) is 0.385. The molecule has 1 atom stereocenters. The summed E-state index contributed by atoms with van der Waals surface area (Å²) in [6.07, 6.45) is 1.88. The predicted octanol–water partition coefficient (Wildman–Crippen LogP) is 2.07. The molecule has 1 saturated carbocycles. The number of Topliss-reactive ketones (excluding diaryl/α,β-unsaturated/α-hetero) is 2. The third kappa shape index (κ3) is 2.13. The van der Waals surface area contributed by atoms with Gasteiger partial charge in [-0.3, -0.25) is 9.59 Å². The van der Waals surface area contributed by atoms with Crippen LogP contribution >= 0.6 is 0 Å². The minimum absolute atomic E-state index is 0.0763. The van der Waals surface area contributed by atoms with E-state index in [4.69, 9.17) is 5.73 Å². The van der Waals surface area contributed by atoms with Gasteiger partial charge < -0.3 is 5.73 Å². The van der Waals surface area contributed by atoms with Crippen molar-refractivity contribution in [2.45, 2.75) is 19.8 Å². The van der Waals surface area contributed by atoms with E-state index in [0.717, 1.165) is 12.8 Å². The van der Waals surface area contributed by atoms with E-state index in [-0.39, 0.29) is 17.5 Å². The average molecular weight is 217 g/mol. The number of ketones is 2. The van der Waals surface area contributed by atoms with Gasteiger partial charge in [0, 0.05) is 17.2 Å². The second-order valence-electron chi connectivity index (χ2n) is 4.39. The van der Waals surface area contributed by atoms with E-state index in [2.05, 4.69) is 0 Å². The molecule has 84 valence electrons. The Morgan fingerprint density at radius 3 is 2.62 bits per heavy atom. The highest BCUT2D eigenvalue weighted by Gasteiger charge is 2.35. The van der Waals surface area contributed by atoms with Crippen molar-refractivity contribution in [2.75, 3.05) is 5.73 Å². The van der Waals surface area contributed by atoms with Gasteiger partial charge in [0.25, 0.3) is 0 Å². The summed E-state index contributed by atoms with van der Waals surface area (Å²) in [4.78, 5) is 23.7. The summed E-state index contributed by atoms with van der Waals surface area (Å²) in [6, 6.07) is 6.79. The van der Waals surface area contributed by atoms with Crippen molar-refractivity contribution in [1.82, 2.24) is 0 Å². The van der Waals surface area contributed by atoms with Crippen LogP contribution in [0.5, 0.6) is 0 Å². The summed E-state index contributed by atoms with van der Waals surface area (Å²) in [7, 11) is 0. The van der Waals surface area contributed by atoms with Crippen molar-refractivity contribution < 1.29 is 9.59 Å². The summed E-state index contributed by atoms with van der Waals surface area (Å²) < 4.78 is 0. The largest absolute Gasteiger partial charge is 0.399 e. The molecule has 2 N–H and O–H groups in total. The fourth-order valence-electron chi connectivity index (χ4n) is 1.79. The third-order valence-electron chi connectivity index (χ3n) is 2.97. The van der Waals surface area contributed by atoms with Crippen LogP contribution in [0.15, 0.2) is 24.3 Å². The Hall–Kier alpha value is -1.64. The van der Waals surface area contributed by atoms with Crippen molar-refractivity contribution >= 4 is 17.3 Å². The first-order valence-corrected chi connectivity index (χ1v) is 5.53. The van der Waals surface area contributed by atoms with Crippen LogP contribution in [-0.4, -0.2) is 11.6 Å². The number of anilines is 1. The van der Waals surface area contributed by atoms with Crippen molar-refractivity contribution in [1.29, 1.82) is 0 Å². The third-order valence-corrected chi connectivity index (χ3v) is 2.97. The lowest BCUT2D eigenvalue weighted by atomic mass is 9.93.